The van der Waals surface area contributed by atoms with Gasteiger partial charge in [-0.2, -0.15) is 0 Å². The van der Waals surface area contributed by atoms with Crippen LogP contribution in [0.1, 0.15) is 83.3 Å². The molecule has 0 bridgehead atoms. The predicted octanol–water partition coefficient (Wildman–Crippen LogP) is 6.78. The van der Waals surface area contributed by atoms with Gasteiger partial charge in [0.05, 0.1) is 6.61 Å². The number of phenolic OH excluding ortho intramolecular Hbond substituents is 2. The van der Waals surface area contributed by atoms with E-state index >= 15 is 0 Å². The maximum Gasteiger partial charge on any atom is 0.327 e. The van der Waals surface area contributed by atoms with E-state index in [1.165, 1.54) is 38.5 Å². The molecule has 2 rings (SSSR count). The number of hydrogen-bond donors (Lipinski definition) is 4. The third-order valence-electron chi connectivity index (χ3n) is 5.36. The highest BCUT2D eigenvalue weighted by molar-refractivity contribution is 7.39. The minimum Gasteiger partial charge on any atom is -0.508 e. The third kappa shape index (κ3) is 10.5. The molecule has 0 aliphatic carbocycles. The zero-order chi connectivity index (χ0) is 23.1. The van der Waals surface area contributed by atoms with Gasteiger partial charge in [0.25, 0.3) is 0 Å². The lowest BCUT2D eigenvalue weighted by atomic mass is 9.77. The Bertz CT molecular complexity index is 686. The molecule has 0 amide bonds. The largest absolute Gasteiger partial charge is 0.508 e. The molecule has 0 aromatic heterocycles. The smallest absolute Gasteiger partial charge is 0.327 e. The summed E-state index contributed by atoms with van der Waals surface area (Å²) in [6, 6.07) is 14.4. The molecule has 0 fully saturated rings. The van der Waals surface area contributed by atoms with E-state index in [9.17, 15) is 10.2 Å². The second kappa shape index (κ2) is 15.2. The highest BCUT2D eigenvalue weighted by Gasteiger charge is 2.28. The van der Waals surface area contributed by atoms with Gasteiger partial charge in [-0.15, -0.1) is 0 Å². The van der Waals surface area contributed by atoms with E-state index in [-0.39, 0.29) is 11.5 Å². The van der Waals surface area contributed by atoms with Crippen LogP contribution < -0.4 is 0 Å². The van der Waals surface area contributed by atoms with Crippen LogP contribution in [0.5, 0.6) is 11.5 Å². The summed E-state index contributed by atoms with van der Waals surface area (Å²) in [5.41, 5.74) is 1.18. The zero-order valence-corrected chi connectivity index (χ0v) is 20.0. The second-order valence-corrected chi connectivity index (χ2v) is 8.98. The van der Waals surface area contributed by atoms with Crippen molar-refractivity contribution >= 4 is 8.60 Å². The summed E-state index contributed by atoms with van der Waals surface area (Å²) < 4.78 is 4.66. The van der Waals surface area contributed by atoms with Gasteiger partial charge in [-0.25, -0.2) is 0 Å². The monoisotopic (exact) mass is 450 g/mol. The van der Waals surface area contributed by atoms with E-state index in [0.29, 0.717) is 6.61 Å². The van der Waals surface area contributed by atoms with Crippen molar-refractivity contribution in [1.82, 2.24) is 0 Å². The van der Waals surface area contributed by atoms with Crippen LogP contribution in [-0.4, -0.2) is 26.6 Å². The lowest BCUT2D eigenvalue weighted by Gasteiger charge is -2.27. The molecule has 4 N–H and O–H groups in total. The van der Waals surface area contributed by atoms with Crippen molar-refractivity contribution in [2.75, 3.05) is 6.61 Å². The molecular weight excluding hydrogens is 411 g/mol. The Kier molecular flexibility index (Phi) is 13.4. The molecule has 0 heterocycles. The fourth-order valence-electron chi connectivity index (χ4n) is 3.53. The molecule has 6 heteroatoms. The quantitative estimate of drug-likeness (QED) is 0.211. The summed E-state index contributed by atoms with van der Waals surface area (Å²) in [4.78, 5) is 16.9. The lowest BCUT2D eigenvalue weighted by molar-refractivity contribution is 0.248. The summed E-state index contributed by atoms with van der Waals surface area (Å²) in [7, 11) is -2.13. The van der Waals surface area contributed by atoms with Gasteiger partial charge in [0.15, 0.2) is 0 Å². The van der Waals surface area contributed by atoms with Gasteiger partial charge in [0.2, 0.25) is 0 Å². The normalized spacial score (nSPS) is 11.3. The first-order valence-corrected chi connectivity index (χ1v) is 12.3. The molecule has 2 aromatic rings. The first-order valence-electron chi connectivity index (χ1n) is 11.2. The van der Waals surface area contributed by atoms with Gasteiger partial charge in [-0.3, -0.25) is 0 Å². The number of hydrogen-bond acceptors (Lipinski definition) is 5. The molecular formula is C25H39O5P. The molecule has 2 aromatic carbocycles. The van der Waals surface area contributed by atoms with Gasteiger partial charge in [-0.05, 0) is 18.6 Å². The van der Waals surface area contributed by atoms with Gasteiger partial charge < -0.3 is 24.5 Å². The molecule has 0 radical (unpaired) electrons. The summed E-state index contributed by atoms with van der Waals surface area (Å²) in [6.07, 6.45) is 9.94. The standard InChI is InChI=1S/C15H16O2.C10H23O3P/c1-15(2,11-7-3-5-9-13(11)16)12-8-4-6-10-14(12)17;1-2-3-4-5-6-7-8-9-10-13-14(11)12/h3-10,16-17H,1-2H3;11-12H,2-10H2,1H3. The number of phenols is 2. The van der Waals surface area contributed by atoms with Gasteiger partial charge in [0, 0.05) is 16.5 Å². The molecule has 0 unspecified atom stereocenters. The van der Waals surface area contributed by atoms with Crippen molar-refractivity contribution in [2.24, 2.45) is 0 Å². The number of aromatic hydroxyl groups is 2. The van der Waals surface area contributed by atoms with Crippen molar-refractivity contribution in [2.45, 2.75) is 77.6 Å². The zero-order valence-electron chi connectivity index (χ0n) is 19.1. The van der Waals surface area contributed by atoms with Crippen LogP contribution in [0.4, 0.5) is 0 Å². The Balaban J connectivity index is 0.000000318. The summed E-state index contributed by atoms with van der Waals surface area (Å²) in [5.74, 6) is 0.501. The van der Waals surface area contributed by atoms with Crippen molar-refractivity contribution < 1.29 is 24.5 Å². The minimum atomic E-state index is -2.13. The summed E-state index contributed by atoms with van der Waals surface area (Å²) in [6.45, 7) is 6.67. The molecule has 0 spiro atoms. The maximum atomic E-state index is 9.92. The van der Waals surface area contributed by atoms with Crippen molar-refractivity contribution in [3.8, 4) is 11.5 Å². The molecule has 0 aliphatic rings. The highest BCUT2D eigenvalue weighted by atomic mass is 31.2. The Morgan fingerprint density at radius 2 is 1.13 bits per heavy atom. The first-order chi connectivity index (χ1) is 14.8. The number of unbranched alkanes of at least 4 members (excludes halogenated alkanes) is 7. The van der Waals surface area contributed by atoms with Crippen LogP contribution in [0.25, 0.3) is 0 Å². The Morgan fingerprint density at radius 1 is 0.710 bits per heavy atom. The van der Waals surface area contributed by atoms with E-state index < -0.39 is 14.0 Å². The summed E-state index contributed by atoms with van der Waals surface area (Å²) >= 11 is 0. The van der Waals surface area contributed by atoms with Crippen LogP contribution in [0.2, 0.25) is 0 Å². The van der Waals surface area contributed by atoms with E-state index in [4.69, 9.17) is 9.79 Å². The van der Waals surface area contributed by atoms with Crippen LogP contribution >= 0.6 is 8.60 Å². The molecule has 0 saturated carbocycles. The Hall–Kier alpha value is -1.65. The average Bonchev–Trinajstić information content (AvgIpc) is 2.73. The van der Waals surface area contributed by atoms with E-state index in [0.717, 1.165) is 24.0 Å². The Morgan fingerprint density at radius 3 is 1.55 bits per heavy atom. The number of benzene rings is 2. The summed E-state index contributed by atoms with van der Waals surface area (Å²) in [5, 5.41) is 19.8. The molecule has 0 aliphatic heterocycles. The SMILES string of the molecule is CC(C)(c1ccccc1O)c1ccccc1O.CCCCCCCCCCOP(O)O. The van der Waals surface area contributed by atoms with E-state index in [1.54, 1.807) is 24.3 Å². The first kappa shape index (κ1) is 27.4. The van der Waals surface area contributed by atoms with Crippen LogP contribution in [0.15, 0.2) is 48.5 Å². The maximum absolute atomic E-state index is 9.92. The highest BCUT2D eigenvalue weighted by Crippen LogP contribution is 2.40. The molecule has 0 saturated heterocycles. The second-order valence-electron chi connectivity index (χ2n) is 8.22. The minimum absolute atomic E-state index is 0.251. The third-order valence-corrected chi connectivity index (χ3v) is 5.77. The van der Waals surface area contributed by atoms with Crippen LogP contribution in [0, 0.1) is 0 Å². The Labute approximate surface area is 188 Å². The van der Waals surface area contributed by atoms with Crippen molar-refractivity contribution in [1.29, 1.82) is 0 Å². The molecule has 5 nitrogen and oxygen atoms in total. The topological polar surface area (TPSA) is 90.2 Å². The fraction of sp³-hybridized carbons (Fsp3) is 0.520. The van der Waals surface area contributed by atoms with Crippen LogP contribution in [0.3, 0.4) is 0 Å². The van der Waals surface area contributed by atoms with Crippen molar-refractivity contribution in [3.05, 3.63) is 59.7 Å². The van der Waals surface area contributed by atoms with Crippen LogP contribution in [-0.2, 0) is 9.94 Å². The predicted molar refractivity (Wildman–Crippen MR) is 128 cm³/mol. The molecule has 31 heavy (non-hydrogen) atoms. The van der Waals surface area contributed by atoms with Crippen molar-refractivity contribution in [3.63, 3.8) is 0 Å². The van der Waals surface area contributed by atoms with Gasteiger partial charge in [0.1, 0.15) is 11.5 Å². The van der Waals surface area contributed by atoms with Gasteiger partial charge >= 0.3 is 8.60 Å². The van der Waals surface area contributed by atoms with E-state index in [2.05, 4.69) is 11.4 Å². The number of rotatable bonds is 12. The molecule has 0 atom stereocenters. The average molecular weight is 451 g/mol. The fourth-order valence-corrected chi connectivity index (χ4v) is 3.82. The number of para-hydroxylation sites is 2. The van der Waals surface area contributed by atoms with Gasteiger partial charge in [-0.1, -0.05) is 102 Å². The molecule has 174 valence electrons. The van der Waals surface area contributed by atoms with E-state index in [1.807, 2.05) is 38.1 Å². The lowest BCUT2D eigenvalue weighted by Crippen LogP contribution is -2.19.